The summed E-state index contributed by atoms with van der Waals surface area (Å²) in [6.45, 7) is 6.84. The third-order valence-corrected chi connectivity index (χ3v) is 4.77. The summed E-state index contributed by atoms with van der Waals surface area (Å²) in [5.41, 5.74) is 0.949. The van der Waals surface area contributed by atoms with E-state index < -0.39 is 6.10 Å². The van der Waals surface area contributed by atoms with Crippen LogP contribution in [-0.2, 0) is 16.8 Å². The Labute approximate surface area is 118 Å². The van der Waals surface area contributed by atoms with Crippen LogP contribution in [0.3, 0.4) is 0 Å². The molecule has 4 nitrogen and oxygen atoms in total. The van der Waals surface area contributed by atoms with E-state index in [1.165, 1.54) is 0 Å². The van der Waals surface area contributed by atoms with E-state index in [1.54, 1.807) is 11.3 Å². The second kappa shape index (κ2) is 5.59. The predicted molar refractivity (Wildman–Crippen MR) is 76.0 cm³/mol. The lowest BCUT2D eigenvalue weighted by Gasteiger charge is -2.14. The number of carbonyl (C=O) groups is 1. The molecule has 106 valence electrons. The van der Waals surface area contributed by atoms with Gasteiger partial charge >= 0.3 is 0 Å². The zero-order chi connectivity index (χ0) is 14.0. The lowest BCUT2D eigenvalue weighted by molar-refractivity contribution is -0.127. The van der Waals surface area contributed by atoms with Gasteiger partial charge in [-0.3, -0.25) is 4.79 Å². The number of carbonyl (C=O) groups excluding carboxylic acids is 1. The third-order valence-electron chi connectivity index (χ3n) is 3.45. The Hall–Kier alpha value is -0.940. The van der Waals surface area contributed by atoms with Gasteiger partial charge in [0.25, 0.3) is 0 Å². The molecule has 2 rings (SSSR count). The first kappa shape index (κ1) is 14.5. The molecule has 2 N–H and O–H groups in total. The van der Waals surface area contributed by atoms with Gasteiger partial charge in [0.2, 0.25) is 5.91 Å². The summed E-state index contributed by atoms with van der Waals surface area (Å²) in [6.07, 6.45) is 1.99. The normalized spacial score (nSPS) is 23.6. The van der Waals surface area contributed by atoms with Gasteiger partial charge in [-0.2, -0.15) is 0 Å². The van der Waals surface area contributed by atoms with Crippen LogP contribution in [0.4, 0.5) is 0 Å². The van der Waals surface area contributed by atoms with E-state index in [0.717, 1.165) is 30.0 Å². The second-order valence-corrected chi connectivity index (χ2v) is 7.07. The van der Waals surface area contributed by atoms with E-state index in [-0.39, 0.29) is 17.2 Å². The Kier molecular flexibility index (Phi) is 4.26. The Morgan fingerprint density at radius 2 is 2.26 bits per heavy atom. The summed E-state index contributed by atoms with van der Waals surface area (Å²) in [5.74, 6) is -0.281. The number of hydrogen-bond acceptors (Lipinski definition) is 4. The highest BCUT2D eigenvalue weighted by Crippen LogP contribution is 2.27. The largest absolute Gasteiger partial charge is 0.392 e. The standard InChI is InChI=1S/C14H22N2O2S/c1-14(2,3)13-16-9(8-19-13)7-15-12(18)10-5-4-6-11(10)17/h8,10-11,17H,4-7H2,1-3H3,(H,15,18). The van der Waals surface area contributed by atoms with Crippen molar-refractivity contribution in [2.24, 2.45) is 5.92 Å². The van der Waals surface area contributed by atoms with Gasteiger partial charge in [0, 0.05) is 10.8 Å². The number of nitrogens with zero attached hydrogens (tertiary/aromatic N) is 1. The summed E-state index contributed by atoms with van der Waals surface area (Å²) in [4.78, 5) is 16.5. The number of aromatic nitrogens is 1. The lowest BCUT2D eigenvalue weighted by atomic mass is 9.98. The molecule has 0 bridgehead atoms. The first-order valence-electron chi connectivity index (χ1n) is 6.78. The molecular formula is C14H22N2O2S. The predicted octanol–water partition coefficient (Wildman–Crippen LogP) is 2.22. The van der Waals surface area contributed by atoms with Crippen molar-refractivity contribution >= 4 is 17.2 Å². The molecule has 1 amide bonds. The number of hydrogen-bond donors (Lipinski definition) is 2. The van der Waals surface area contributed by atoms with Gasteiger partial charge in [0.05, 0.1) is 29.3 Å². The molecular weight excluding hydrogens is 260 g/mol. The highest BCUT2D eigenvalue weighted by Gasteiger charge is 2.31. The van der Waals surface area contributed by atoms with E-state index in [2.05, 4.69) is 31.1 Å². The minimum atomic E-state index is -0.472. The maximum Gasteiger partial charge on any atom is 0.226 e. The monoisotopic (exact) mass is 282 g/mol. The minimum Gasteiger partial charge on any atom is -0.392 e. The first-order chi connectivity index (χ1) is 8.88. The maximum absolute atomic E-state index is 11.9. The van der Waals surface area contributed by atoms with E-state index in [9.17, 15) is 9.90 Å². The molecule has 2 unspecified atom stereocenters. The van der Waals surface area contributed by atoms with Crippen LogP contribution in [-0.4, -0.2) is 22.1 Å². The topological polar surface area (TPSA) is 62.2 Å². The van der Waals surface area contributed by atoms with Crippen LogP contribution >= 0.6 is 11.3 Å². The van der Waals surface area contributed by atoms with Crippen LogP contribution in [0, 0.1) is 5.92 Å². The molecule has 5 heteroatoms. The van der Waals surface area contributed by atoms with Crippen molar-refractivity contribution in [1.82, 2.24) is 10.3 Å². The Morgan fingerprint density at radius 3 is 2.79 bits per heavy atom. The highest BCUT2D eigenvalue weighted by molar-refractivity contribution is 7.09. The summed E-state index contributed by atoms with van der Waals surface area (Å²) in [7, 11) is 0. The molecule has 1 aliphatic rings. The molecule has 0 aromatic carbocycles. The Balaban J connectivity index is 1.88. The fourth-order valence-corrected chi connectivity index (χ4v) is 3.19. The highest BCUT2D eigenvalue weighted by atomic mass is 32.1. The van der Waals surface area contributed by atoms with Crippen LogP contribution in [0.25, 0.3) is 0 Å². The Bertz CT molecular complexity index is 451. The summed E-state index contributed by atoms with van der Waals surface area (Å²) in [6, 6.07) is 0. The average Bonchev–Trinajstić information content (AvgIpc) is 2.93. The number of thiazole rings is 1. The summed E-state index contributed by atoms with van der Waals surface area (Å²) < 4.78 is 0. The number of rotatable bonds is 3. The van der Waals surface area contributed by atoms with Crippen LogP contribution in [0.2, 0.25) is 0 Å². The van der Waals surface area contributed by atoms with Gasteiger partial charge < -0.3 is 10.4 Å². The Morgan fingerprint density at radius 1 is 1.53 bits per heavy atom. The van der Waals surface area contributed by atoms with Crippen molar-refractivity contribution in [1.29, 1.82) is 0 Å². The average molecular weight is 282 g/mol. The molecule has 1 fully saturated rings. The van der Waals surface area contributed by atoms with Gasteiger partial charge in [-0.25, -0.2) is 4.98 Å². The SMILES string of the molecule is CC(C)(C)c1nc(CNC(=O)C2CCCC2O)cs1. The molecule has 1 aliphatic carbocycles. The van der Waals surface area contributed by atoms with Gasteiger partial charge in [-0.15, -0.1) is 11.3 Å². The van der Waals surface area contributed by atoms with Crippen LogP contribution < -0.4 is 5.32 Å². The number of aliphatic hydroxyl groups is 1. The molecule has 1 heterocycles. The third kappa shape index (κ3) is 3.54. The molecule has 1 aromatic heterocycles. The lowest BCUT2D eigenvalue weighted by Crippen LogP contribution is -2.34. The van der Waals surface area contributed by atoms with E-state index in [4.69, 9.17) is 0 Å². The second-order valence-electron chi connectivity index (χ2n) is 6.22. The van der Waals surface area contributed by atoms with Crippen molar-refractivity contribution in [2.45, 2.75) is 58.1 Å². The van der Waals surface area contributed by atoms with E-state index in [0.29, 0.717) is 6.54 Å². The molecule has 0 saturated heterocycles. The molecule has 1 aromatic rings. The van der Waals surface area contributed by atoms with Gasteiger partial charge in [0.15, 0.2) is 0 Å². The smallest absolute Gasteiger partial charge is 0.226 e. The fourth-order valence-electron chi connectivity index (χ4n) is 2.29. The molecule has 0 radical (unpaired) electrons. The molecule has 1 saturated carbocycles. The number of nitrogens with one attached hydrogen (secondary N) is 1. The van der Waals surface area contributed by atoms with Crippen LogP contribution in [0.15, 0.2) is 5.38 Å². The van der Waals surface area contributed by atoms with Crippen LogP contribution in [0.5, 0.6) is 0 Å². The van der Waals surface area contributed by atoms with Crippen molar-refractivity contribution in [2.75, 3.05) is 0 Å². The summed E-state index contributed by atoms with van der Waals surface area (Å²) in [5, 5.41) is 15.6. The van der Waals surface area contributed by atoms with Gasteiger partial charge in [-0.05, 0) is 19.3 Å². The molecule has 0 aliphatic heterocycles. The van der Waals surface area contributed by atoms with Crippen molar-refractivity contribution in [3.63, 3.8) is 0 Å². The van der Waals surface area contributed by atoms with Crippen molar-refractivity contribution < 1.29 is 9.90 Å². The number of aliphatic hydroxyl groups excluding tert-OH is 1. The molecule has 19 heavy (non-hydrogen) atoms. The zero-order valence-electron chi connectivity index (χ0n) is 11.8. The fraction of sp³-hybridized carbons (Fsp3) is 0.714. The van der Waals surface area contributed by atoms with Crippen molar-refractivity contribution in [3.8, 4) is 0 Å². The minimum absolute atomic E-state index is 0.0460. The zero-order valence-corrected chi connectivity index (χ0v) is 12.6. The van der Waals surface area contributed by atoms with Gasteiger partial charge in [-0.1, -0.05) is 20.8 Å². The molecule has 0 spiro atoms. The first-order valence-corrected chi connectivity index (χ1v) is 7.66. The van der Waals surface area contributed by atoms with Crippen molar-refractivity contribution in [3.05, 3.63) is 16.1 Å². The maximum atomic E-state index is 11.9. The van der Waals surface area contributed by atoms with E-state index >= 15 is 0 Å². The number of amides is 1. The van der Waals surface area contributed by atoms with Crippen LogP contribution in [0.1, 0.15) is 50.7 Å². The quantitative estimate of drug-likeness (QED) is 0.893. The summed E-state index contributed by atoms with van der Waals surface area (Å²) >= 11 is 1.63. The molecule has 2 atom stereocenters. The van der Waals surface area contributed by atoms with Gasteiger partial charge in [0.1, 0.15) is 0 Å². The van der Waals surface area contributed by atoms with E-state index in [1.807, 2.05) is 5.38 Å².